The predicted molar refractivity (Wildman–Crippen MR) is 76.5 cm³/mol. The largest absolute Gasteiger partial charge is 0.545 e. The maximum atomic E-state index is 10.5. The quantitative estimate of drug-likeness (QED) is 0.489. The predicted octanol–water partition coefficient (Wildman–Crippen LogP) is 2.60. The molecule has 0 amide bonds. The first-order valence-electron chi connectivity index (χ1n) is 7.00. The third kappa shape index (κ3) is 9.48. The molecule has 0 aliphatic carbocycles. The minimum absolute atomic E-state index is 0.232. The lowest BCUT2D eigenvalue weighted by molar-refractivity contribution is -0.299. The molecule has 3 heteroatoms. The highest BCUT2D eigenvalue weighted by atomic mass is 16.4. The molecule has 0 saturated carbocycles. The molecule has 2 atom stereocenters. The van der Waals surface area contributed by atoms with Gasteiger partial charge >= 0.3 is 0 Å². The van der Waals surface area contributed by atoms with Gasteiger partial charge in [0.1, 0.15) is 0 Å². The molecule has 0 aliphatic heterocycles. The second-order valence-corrected chi connectivity index (χ2v) is 5.73. The molecule has 0 spiro atoms. The lowest BCUT2D eigenvalue weighted by Crippen LogP contribution is -2.25. The van der Waals surface area contributed by atoms with Crippen LogP contribution < -0.4 is 5.11 Å². The molecule has 0 aromatic heterocycles. The second kappa shape index (κ2) is 8.92. The number of carbonyl (C=O) groups is 1. The minimum Gasteiger partial charge on any atom is -0.545 e. The number of rotatable bonds is 10. The Labute approximate surface area is 117 Å². The van der Waals surface area contributed by atoms with Crippen molar-refractivity contribution in [2.45, 2.75) is 64.9 Å². The van der Waals surface area contributed by atoms with Crippen molar-refractivity contribution in [1.29, 1.82) is 0 Å². The van der Waals surface area contributed by atoms with Gasteiger partial charge in [-0.1, -0.05) is 31.9 Å². The van der Waals surface area contributed by atoms with Gasteiger partial charge in [0.2, 0.25) is 0 Å². The van der Waals surface area contributed by atoms with Crippen molar-refractivity contribution in [2.75, 3.05) is 0 Å². The number of aliphatic carboxylic acids is 1. The summed E-state index contributed by atoms with van der Waals surface area (Å²) in [6.45, 7) is 9.23. The van der Waals surface area contributed by atoms with Crippen LogP contribution in [-0.4, -0.2) is 16.7 Å². The number of aliphatic hydroxyl groups is 1. The van der Waals surface area contributed by atoms with Crippen LogP contribution in [0.1, 0.15) is 59.3 Å². The van der Waals surface area contributed by atoms with Crippen LogP contribution >= 0.6 is 0 Å². The number of carboxylic acid groups (broad SMARTS) is 1. The summed E-state index contributed by atoms with van der Waals surface area (Å²) in [5, 5.41) is 20.7. The highest BCUT2D eigenvalue weighted by Crippen LogP contribution is 2.22. The van der Waals surface area contributed by atoms with Gasteiger partial charge in [0.15, 0.2) is 0 Å². The SMILES string of the molecule is C=CCC(C)CCCC(C)(O)CC/C=C(\C)C(=O)[O-]. The van der Waals surface area contributed by atoms with Crippen molar-refractivity contribution >= 4 is 5.97 Å². The highest BCUT2D eigenvalue weighted by Gasteiger charge is 2.19. The van der Waals surface area contributed by atoms with E-state index in [0.29, 0.717) is 18.8 Å². The third-order valence-corrected chi connectivity index (χ3v) is 3.44. The summed E-state index contributed by atoms with van der Waals surface area (Å²) >= 11 is 0. The number of hydrogen-bond donors (Lipinski definition) is 1. The Morgan fingerprint density at radius 3 is 2.63 bits per heavy atom. The van der Waals surface area contributed by atoms with Gasteiger partial charge in [0.05, 0.1) is 11.6 Å². The Kier molecular flexibility index (Phi) is 8.41. The highest BCUT2D eigenvalue weighted by molar-refractivity contribution is 5.83. The van der Waals surface area contributed by atoms with Crippen LogP contribution in [-0.2, 0) is 4.79 Å². The van der Waals surface area contributed by atoms with E-state index in [4.69, 9.17) is 0 Å². The van der Waals surface area contributed by atoms with Gasteiger partial charge in [0, 0.05) is 0 Å². The second-order valence-electron chi connectivity index (χ2n) is 5.73. The standard InChI is InChI=1S/C16H28O3/c1-5-8-13(2)9-6-11-16(4,19)12-7-10-14(3)15(17)18/h5,10,13,19H,1,6-9,11-12H2,2-4H3,(H,17,18)/p-1/b14-10+. The molecular formula is C16H27O3-. The molecule has 0 bridgehead atoms. The van der Waals surface area contributed by atoms with E-state index in [1.165, 1.54) is 6.92 Å². The Hall–Kier alpha value is -1.09. The van der Waals surface area contributed by atoms with Crippen LogP contribution in [0.2, 0.25) is 0 Å². The first-order chi connectivity index (χ1) is 8.78. The fraction of sp³-hybridized carbons (Fsp3) is 0.688. The number of carbonyl (C=O) groups excluding carboxylic acids is 1. The van der Waals surface area contributed by atoms with Crippen molar-refractivity contribution in [1.82, 2.24) is 0 Å². The van der Waals surface area contributed by atoms with E-state index >= 15 is 0 Å². The zero-order valence-corrected chi connectivity index (χ0v) is 12.4. The summed E-state index contributed by atoms with van der Waals surface area (Å²) in [5.41, 5.74) is -0.494. The van der Waals surface area contributed by atoms with E-state index in [-0.39, 0.29) is 5.57 Å². The van der Waals surface area contributed by atoms with Crippen molar-refractivity contribution in [2.24, 2.45) is 5.92 Å². The topological polar surface area (TPSA) is 60.4 Å². The molecule has 1 N–H and O–H groups in total. The Morgan fingerprint density at radius 2 is 2.11 bits per heavy atom. The van der Waals surface area contributed by atoms with Gasteiger partial charge in [-0.15, -0.1) is 6.58 Å². The molecule has 0 aromatic carbocycles. The van der Waals surface area contributed by atoms with Crippen LogP contribution in [0, 0.1) is 5.92 Å². The van der Waals surface area contributed by atoms with Crippen LogP contribution in [0.5, 0.6) is 0 Å². The smallest absolute Gasteiger partial charge is 0.0668 e. The molecule has 3 nitrogen and oxygen atoms in total. The third-order valence-electron chi connectivity index (χ3n) is 3.44. The Balaban J connectivity index is 3.95. The van der Waals surface area contributed by atoms with E-state index in [1.807, 2.05) is 13.0 Å². The molecule has 0 aliphatic rings. The van der Waals surface area contributed by atoms with Gasteiger partial charge in [-0.05, 0) is 51.0 Å². The van der Waals surface area contributed by atoms with Crippen LogP contribution in [0.4, 0.5) is 0 Å². The van der Waals surface area contributed by atoms with Crippen molar-refractivity contribution in [3.8, 4) is 0 Å². The van der Waals surface area contributed by atoms with E-state index in [9.17, 15) is 15.0 Å². The molecule has 0 saturated heterocycles. The molecule has 110 valence electrons. The first kappa shape index (κ1) is 17.9. The normalized spacial score (nSPS) is 16.7. The van der Waals surface area contributed by atoms with Gasteiger partial charge in [0.25, 0.3) is 0 Å². The molecular weight excluding hydrogens is 240 g/mol. The van der Waals surface area contributed by atoms with Crippen molar-refractivity contribution in [3.63, 3.8) is 0 Å². The lowest BCUT2D eigenvalue weighted by Gasteiger charge is -2.23. The number of carboxylic acids is 1. The summed E-state index contributed by atoms with van der Waals surface area (Å²) in [6.07, 6.45) is 8.49. The Bertz CT molecular complexity index is 316. The molecule has 0 heterocycles. The molecule has 0 radical (unpaired) electrons. The van der Waals surface area contributed by atoms with Crippen LogP contribution in [0.15, 0.2) is 24.3 Å². The van der Waals surface area contributed by atoms with Gasteiger partial charge in [-0.2, -0.15) is 0 Å². The van der Waals surface area contributed by atoms with Crippen LogP contribution in [0.3, 0.4) is 0 Å². The maximum Gasteiger partial charge on any atom is 0.0668 e. The zero-order valence-electron chi connectivity index (χ0n) is 12.4. The van der Waals surface area contributed by atoms with Crippen molar-refractivity contribution < 1.29 is 15.0 Å². The average molecular weight is 267 g/mol. The minimum atomic E-state index is -1.14. The summed E-state index contributed by atoms with van der Waals surface area (Å²) in [4.78, 5) is 10.5. The summed E-state index contributed by atoms with van der Waals surface area (Å²) in [5.74, 6) is -0.536. The van der Waals surface area contributed by atoms with Crippen molar-refractivity contribution in [3.05, 3.63) is 24.3 Å². The van der Waals surface area contributed by atoms with E-state index in [2.05, 4.69) is 13.5 Å². The average Bonchev–Trinajstić information content (AvgIpc) is 2.28. The fourth-order valence-corrected chi connectivity index (χ4v) is 2.04. The first-order valence-corrected chi connectivity index (χ1v) is 7.00. The summed E-state index contributed by atoms with van der Waals surface area (Å²) in [6, 6.07) is 0. The molecule has 0 fully saturated rings. The van der Waals surface area contributed by atoms with Gasteiger partial charge in [-0.25, -0.2) is 0 Å². The maximum absolute atomic E-state index is 10.5. The van der Waals surface area contributed by atoms with Gasteiger partial charge in [-0.3, -0.25) is 0 Å². The van der Waals surface area contributed by atoms with E-state index < -0.39 is 11.6 Å². The zero-order chi connectivity index (χ0) is 14.9. The molecule has 2 unspecified atom stereocenters. The van der Waals surface area contributed by atoms with Crippen LogP contribution in [0.25, 0.3) is 0 Å². The number of allylic oxidation sites excluding steroid dienone is 2. The number of hydrogen-bond acceptors (Lipinski definition) is 3. The monoisotopic (exact) mass is 267 g/mol. The molecule has 0 aromatic rings. The summed E-state index contributed by atoms with van der Waals surface area (Å²) in [7, 11) is 0. The van der Waals surface area contributed by atoms with Gasteiger partial charge < -0.3 is 15.0 Å². The molecule has 0 rings (SSSR count). The van der Waals surface area contributed by atoms with E-state index in [1.54, 1.807) is 6.08 Å². The molecule has 19 heavy (non-hydrogen) atoms. The Morgan fingerprint density at radius 1 is 1.47 bits per heavy atom. The van der Waals surface area contributed by atoms with E-state index in [0.717, 1.165) is 25.7 Å². The fourth-order valence-electron chi connectivity index (χ4n) is 2.04. The summed E-state index contributed by atoms with van der Waals surface area (Å²) < 4.78 is 0. The lowest BCUT2D eigenvalue weighted by atomic mass is 9.90.